The van der Waals surface area contributed by atoms with Gasteiger partial charge in [0.1, 0.15) is 0 Å². The van der Waals surface area contributed by atoms with Gasteiger partial charge in [-0.15, -0.1) is 11.6 Å². The van der Waals surface area contributed by atoms with E-state index < -0.39 is 0 Å². The van der Waals surface area contributed by atoms with E-state index in [1.165, 1.54) is 22.1 Å². The number of hydrogen-bond acceptors (Lipinski definition) is 1. The maximum absolute atomic E-state index is 5.92. The van der Waals surface area contributed by atoms with Gasteiger partial charge < -0.3 is 0 Å². The monoisotopic (exact) mass is 281 g/mol. The number of benzene rings is 2. The normalized spacial score (nSPS) is 10.9. The maximum atomic E-state index is 5.92. The van der Waals surface area contributed by atoms with Gasteiger partial charge in [0.15, 0.2) is 0 Å². The van der Waals surface area contributed by atoms with Gasteiger partial charge in [-0.25, -0.2) is 4.98 Å². The summed E-state index contributed by atoms with van der Waals surface area (Å²) in [4.78, 5) is 4.81. The van der Waals surface area contributed by atoms with Crippen LogP contribution in [-0.4, -0.2) is 4.98 Å². The maximum Gasteiger partial charge on any atom is 0.0738 e. The summed E-state index contributed by atoms with van der Waals surface area (Å²) < 4.78 is 0. The van der Waals surface area contributed by atoms with Crippen LogP contribution in [0.3, 0.4) is 0 Å². The number of aromatic nitrogens is 1. The third kappa shape index (κ3) is 2.30. The van der Waals surface area contributed by atoms with Crippen LogP contribution in [0, 0.1) is 13.8 Å². The van der Waals surface area contributed by atoms with Gasteiger partial charge in [0.25, 0.3) is 0 Å². The zero-order chi connectivity index (χ0) is 14.1. The molecule has 0 N–H and O–H groups in total. The van der Waals surface area contributed by atoms with Crippen LogP contribution in [-0.2, 0) is 5.88 Å². The number of fused-ring (bicyclic) bond motifs is 1. The highest BCUT2D eigenvalue weighted by Crippen LogP contribution is 2.27. The molecule has 0 atom stereocenters. The minimum atomic E-state index is 0.552. The van der Waals surface area contributed by atoms with Crippen molar-refractivity contribution in [2.24, 2.45) is 0 Å². The van der Waals surface area contributed by atoms with E-state index in [1.807, 2.05) is 12.1 Å². The molecule has 1 aromatic heterocycles. The van der Waals surface area contributed by atoms with Crippen LogP contribution in [0.4, 0.5) is 0 Å². The number of nitrogens with zero attached hydrogens (tertiary/aromatic N) is 1. The lowest BCUT2D eigenvalue weighted by atomic mass is 10.0. The molecule has 0 aliphatic rings. The number of rotatable bonds is 2. The second kappa shape index (κ2) is 5.26. The standard InChI is InChI=1S/C18H16ClN/c1-12-9-15(7-8-16(12)11-19)18-13(2)10-14-5-3-4-6-17(14)20-18/h3-10H,11H2,1-2H3. The van der Waals surface area contributed by atoms with Crippen molar-refractivity contribution in [1.29, 1.82) is 0 Å². The molecule has 3 rings (SSSR count). The Balaban J connectivity index is 2.18. The number of aryl methyl sites for hydroxylation is 2. The van der Waals surface area contributed by atoms with Gasteiger partial charge in [0.05, 0.1) is 11.2 Å². The van der Waals surface area contributed by atoms with Gasteiger partial charge in [-0.05, 0) is 48.7 Å². The zero-order valence-corrected chi connectivity index (χ0v) is 12.4. The molecule has 2 aromatic carbocycles. The van der Waals surface area contributed by atoms with Crippen LogP contribution in [0.5, 0.6) is 0 Å². The van der Waals surface area contributed by atoms with Crippen LogP contribution < -0.4 is 0 Å². The third-order valence-corrected chi connectivity index (χ3v) is 3.96. The lowest BCUT2D eigenvalue weighted by molar-refractivity contribution is 1.28. The molecule has 100 valence electrons. The molecule has 1 nitrogen and oxygen atoms in total. The summed E-state index contributed by atoms with van der Waals surface area (Å²) in [7, 11) is 0. The highest BCUT2D eigenvalue weighted by atomic mass is 35.5. The molecule has 0 radical (unpaired) electrons. The Labute approximate surface area is 124 Å². The molecule has 0 saturated heterocycles. The first-order valence-electron chi connectivity index (χ1n) is 6.71. The molecule has 0 aliphatic carbocycles. The summed E-state index contributed by atoms with van der Waals surface area (Å²) in [6.07, 6.45) is 0. The topological polar surface area (TPSA) is 12.9 Å². The van der Waals surface area contributed by atoms with Crippen molar-refractivity contribution >= 4 is 22.5 Å². The van der Waals surface area contributed by atoms with Crippen LogP contribution in [0.1, 0.15) is 16.7 Å². The van der Waals surface area contributed by atoms with Crippen molar-refractivity contribution in [1.82, 2.24) is 4.98 Å². The van der Waals surface area contributed by atoms with Crippen molar-refractivity contribution in [2.75, 3.05) is 0 Å². The quantitative estimate of drug-likeness (QED) is 0.584. The van der Waals surface area contributed by atoms with Crippen LogP contribution in [0.15, 0.2) is 48.5 Å². The number of para-hydroxylation sites is 1. The third-order valence-electron chi connectivity index (χ3n) is 3.67. The van der Waals surface area contributed by atoms with Crippen LogP contribution in [0.25, 0.3) is 22.2 Å². The molecule has 3 aromatic rings. The van der Waals surface area contributed by atoms with Gasteiger partial charge in [0, 0.05) is 16.8 Å². The summed E-state index contributed by atoms with van der Waals surface area (Å²) in [5, 5.41) is 1.18. The summed E-state index contributed by atoms with van der Waals surface area (Å²) in [5.41, 5.74) is 6.82. The molecule has 2 heteroatoms. The van der Waals surface area contributed by atoms with E-state index >= 15 is 0 Å². The lowest BCUT2D eigenvalue weighted by Crippen LogP contribution is -1.92. The largest absolute Gasteiger partial charge is 0.248 e. The summed E-state index contributed by atoms with van der Waals surface area (Å²) in [6.45, 7) is 4.21. The molecule has 20 heavy (non-hydrogen) atoms. The van der Waals surface area contributed by atoms with Gasteiger partial charge in [0.2, 0.25) is 0 Å². The van der Waals surface area contributed by atoms with Crippen molar-refractivity contribution in [3.8, 4) is 11.3 Å². The van der Waals surface area contributed by atoms with Gasteiger partial charge >= 0.3 is 0 Å². The Morgan fingerprint density at radius 3 is 2.50 bits per heavy atom. The van der Waals surface area contributed by atoms with Crippen molar-refractivity contribution < 1.29 is 0 Å². The molecule has 0 unspecified atom stereocenters. The first-order valence-corrected chi connectivity index (χ1v) is 7.25. The molecule has 0 aliphatic heterocycles. The van der Waals surface area contributed by atoms with E-state index in [0.717, 1.165) is 16.8 Å². The van der Waals surface area contributed by atoms with Gasteiger partial charge in [-0.2, -0.15) is 0 Å². The summed E-state index contributed by atoms with van der Waals surface area (Å²) >= 11 is 5.92. The van der Waals surface area contributed by atoms with E-state index in [4.69, 9.17) is 16.6 Å². The summed E-state index contributed by atoms with van der Waals surface area (Å²) in [6, 6.07) is 16.8. The first kappa shape index (κ1) is 13.1. The first-order chi connectivity index (χ1) is 9.69. The number of alkyl halides is 1. The Kier molecular flexibility index (Phi) is 3.45. The average Bonchev–Trinajstić information content (AvgIpc) is 2.46. The predicted molar refractivity (Wildman–Crippen MR) is 86.2 cm³/mol. The molecule has 0 bridgehead atoms. The SMILES string of the molecule is Cc1cc(-c2nc3ccccc3cc2C)ccc1CCl. The zero-order valence-electron chi connectivity index (χ0n) is 11.7. The highest BCUT2D eigenvalue weighted by molar-refractivity contribution is 6.17. The molecule has 0 saturated carbocycles. The molecular formula is C18H16ClN. The number of pyridine rings is 1. The minimum Gasteiger partial charge on any atom is -0.248 e. The van der Waals surface area contributed by atoms with Crippen molar-refractivity contribution in [2.45, 2.75) is 19.7 Å². The molecule has 0 amide bonds. The number of halogens is 1. The molecule has 0 fully saturated rings. The van der Waals surface area contributed by atoms with E-state index in [1.54, 1.807) is 0 Å². The smallest absolute Gasteiger partial charge is 0.0738 e. The van der Waals surface area contributed by atoms with Crippen molar-refractivity contribution in [3.05, 3.63) is 65.2 Å². The highest BCUT2D eigenvalue weighted by Gasteiger charge is 2.07. The van der Waals surface area contributed by atoms with E-state index in [-0.39, 0.29) is 0 Å². The summed E-state index contributed by atoms with van der Waals surface area (Å²) in [5.74, 6) is 0.552. The van der Waals surface area contributed by atoms with Gasteiger partial charge in [-0.1, -0.05) is 30.3 Å². The number of hydrogen-bond donors (Lipinski definition) is 0. The Hall–Kier alpha value is -1.86. The Morgan fingerprint density at radius 2 is 1.75 bits per heavy atom. The average molecular weight is 282 g/mol. The fourth-order valence-corrected chi connectivity index (χ4v) is 2.81. The molecule has 1 heterocycles. The Bertz CT molecular complexity index is 777. The van der Waals surface area contributed by atoms with Crippen LogP contribution in [0.2, 0.25) is 0 Å². The van der Waals surface area contributed by atoms with Gasteiger partial charge in [-0.3, -0.25) is 0 Å². The molecular weight excluding hydrogens is 266 g/mol. The fourth-order valence-electron chi connectivity index (χ4n) is 2.51. The predicted octanol–water partition coefficient (Wildman–Crippen LogP) is 5.26. The second-order valence-corrected chi connectivity index (χ2v) is 5.39. The van der Waals surface area contributed by atoms with Crippen LogP contribution >= 0.6 is 11.6 Å². The fraction of sp³-hybridized carbons (Fsp3) is 0.167. The van der Waals surface area contributed by atoms with Crippen molar-refractivity contribution in [3.63, 3.8) is 0 Å². The lowest BCUT2D eigenvalue weighted by Gasteiger charge is -2.10. The van der Waals surface area contributed by atoms with E-state index in [9.17, 15) is 0 Å². The second-order valence-electron chi connectivity index (χ2n) is 5.12. The van der Waals surface area contributed by atoms with E-state index in [0.29, 0.717) is 5.88 Å². The molecule has 0 spiro atoms. The minimum absolute atomic E-state index is 0.552. The Morgan fingerprint density at radius 1 is 0.950 bits per heavy atom. The van der Waals surface area contributed by atoms with E-state index in [2.05, 4.69) is 50.2 Å².